The number of piperidine rings is 1. The van der Waals surface area contributed by atoms with Crippen LogP contribution < -0.4 is 10.6 Å². The summed E-state index contributed by atoms with van der Waals surface area (Å²) in [5, 5.41) is 6.11. The number of carbonyl (C=O) groups is 1. The molecule has 0 radical (unpaired) electrons. The minimum absolute atomic E-state index is 0.155. The van der Waals surface area contributed by atoms with Crippen molar-refractivity contribution in [3.05, 3.63) is 0 Å². The Hall–Kier alpha value is -1.30. The number of nitrogens with one attached hydrogen (secondary N) is 2. The first kappa shape index (κ1) is 18.7. The lowest BCUT2D eigenvalue weighted by molar-refractivity contribution is -0.121. The summed E-state index contributed by atoms with van der Waals surface area (Å²) in [4.78, 5) is 20.7. The van der Waals surface area contributed by atoms with Gasteiger partial charge in [-0.2, -0.15) is 0 Å². The average Bonchev–Trinajstić information content (AvgIpc) is 2.51. The summed E-state index contributed by atoms with van der Waals surface area (Å²) in [5.74, 6) is 1.69. The zero-order valence-corrected chi connectivity index (χ0v) is 14.7. The lowest BCUT2D eigenvalue weighted by Gasteiger charge is -2.34. The van der Waals surface area contributed by atoms with Gasteiger partial charge in [-0.15, -0.1) is 0 Å². The topological polar surface area (TPSA) is 60.0 Å². The number of amides is 1. The van der Waals surface area contributed by atoms with Gasteiger partial charge in [0.2, 0.25) is 5.91 Å². The zero-order chi connectivity index (χ0) is 16.4. The van der Waals surface area contributed by atoms with Crippen LogP contribution in [0, 0.1) is 5.92 Å². The highest BCUT2D eigenvalue weighted by Crippen LogP contribution is 2.20. The van der Waals surface area contributed by atoms with Gasteiger partial charge in [0.25, 0.3) is 0 Å². The Balaban J connectivity index is 2.42. The first-order valence-corrected chi connectivity index (χ1v) is 8.45. The molecule has 1 saturated heterocycles. The Kier molecular flexibility index (Phi) is 8.89. The van der Waals surface area contributed by atoms with Crippen LogP contribution in [0.3, 0.4) is 0 Å². The van der Waals surface area contributed by atoms with Crippen molar-refractivity contribution in [2.24, 2.45) is 10.9 Å². The number of nitrogens with zero attached hydrogens (tertiary/aromatic N) is 3. The highest BCUT2D eigenvalue weighted by Gasteiger charge is 2.22. The summed E-state index contributed by atoms with van der Waals surface area (Å²) in [5.41, 5.74) is 0. The number of aliphatic imine (C=N–C) groups is 1. The van der Waals surface area contributed by atoms with E-state index in [9.17, 15) is 4.79 Å². The van der Waals surface area contributed by atoms with Crippen molar-refractivity contribution in [2.75, 3.05) is 53.9 Å². The molecule has 1 amide bonds. The van der Waals surface area contributed by atoms with Crippen molar-refractivity contribution < 1.29 is 4.79 Å². The molecule has 0 aliphatic carbocycles. The normalized spacial score (nSPS) is 17.0. The van der Waals surface area contributed by atoms with Crippen LogP contribution in [0.5, 0.6) is 0 Å². The van der Waals surface area contributed by atoms with Crippen LogP contribution in [0.4, 0.5) is 0 Å². The molecule has 1 rings (SSSR count). The van der Waals surface area contributed by atoms with E-state index in [2.05, 4.69) is 41.5 Å². The average molecular weight is 311 g/mol. The number of likely N-dealkylation sites (tertiary alicyclic amines) is 1. The molecule has 1 aliphatic rings. The molecule has 0 spiro atoms. The minimum Gasteiger partial charge on any atom is -0.359 e. The Bertz CT molecular complexity index is 348. The molecule has 0 aromatic carbocycles. The highest BCUT2D eigenvalue weighted by atomic mass is 16.1. The van der Waals surface area contributed by atoms with E-state index < -0.39 is 0 Å². The van der Waals surface area contributed by atoms with Crippen LogP contribution in [0.1, 0.15) is 32.6 Å². The molecule has 0 atom stereocenters. The molecule has 1 heterocycles. The monoisotopic (exact) mass is 311 g/mol. The molecule has 22 heavy (non-hydrogen) atoms. The van der Waals surface area contributed by atoms with Crippen LogP contribution in [0.2, 0.25) is 0 Å². The zero-order valence-electron chi connectivity index (χ0n) is 14.7. The maximum absolute atomic E-state index is 11.5. The molecule has 0 unspecified atom stereocenters. The van der Waals surface area contributed by atoms with Crippen LogP contribution in [0.25, 0.3) is 0 Å². The lowest BCUT2D eigenvalue weighted by atomic mass is 9.93. The molecule has 6 heteroatoms. The molecule has 2 N–H and O–H groups in total. The van der Waals surface area contributed by atoms with Gasteiger partial charge in [0.05, 0.1) is 0 Å². The van der Waals surface area contributed by atoms with E-state index in [-0.39, 0.29) is 5.91 Å². The maximum atomic E-state index is 11.5. The largest absolute Gasteiger partial charge is 0.359 e. The van der Waals surface area contributed by atoms with Gasteiger partial charge in [-0.3, -0.25) is 9.79 Å². The third-order valence-electron chi connectivity index (χ3n) is 4.03. The first-order chi connectivity index (χ1) is 10.6. The second-order valence-corrected chi connectivity index (χ2v) is 6.20. The van der Waals surface area contributed by atoms with Crippen molar-refractivity contribution in [3.8, 4) is 0 Å². The Labute approximate surface area is 135 Å². The number of carbonyl (C=O) groups excluding carboxylic acids is 1. The van der Waals surface area contributed by atoms with E-state index in [0.717, 1.165) is 57.9 Å². The molecular formula is C16H33N5O. The summed E-state index contributed by atoms with van der Waals surface area (Å²) < 4.78 is 0. The molecule has 1 aliphatic heterocycles. The van der Waals surface area contributed by atoms with Gasteiger partial charge in [-0.25, -0.2) is 0 Å². The number of guanidine groups is 1. The number of rotatable bonds is 7. The van der Waals surface area contributed by atoms with Gasteiger partial charge >= 0.3 is 0 Å². The summed E-state index contributed by atoms with van der Waals surface area (Å²) in [6.07, 6.45) is 3.86. The standard InChI is InChI=1S/C16H33N5O/c1-5-18-16(19-9-6-10-20(3)4)21-11-7-14(8-12-21)13-15(22)17-2/h14H,5-13H2,1-4H3,(H,17,22)(H,18,19). The molecule has 1 fully saturated rings. The van der Waals surface area contributed by atoms with Crippen LogP contribution in [-0.4, -0.2) is 75.5 Å². The second kappa shape index (κ2) is 10.4. The van der Waals surface area contributed by atoms with Gasteiger partial charge in [-0.1, -0.05) is 0 Å². The predicted octanol–water partition coefficient (Wildman–Crippen LogP) is 0.752. The quantitative estimate of drug-likeness (QED) is 0.414. The Morgan fingerprint density at radius 3 is 2.55 bits per heavy atom. The number of hydrogen-bond acceptors (Lipinski definition) is 3. The highest BCUT2D eigenvalue weighted by molar-refractivity contribution is 5.80. The Morgan fingerprint density at radius 1 is 1.32 bits per heavy atom. The van der Waals surface area contributed by atoms with Gasteiger partial charge in [0, 0.05) is 39.6 Å². The molecule has 6 nitrogen and oxygen atoms in total. The smallest absolute Gasteiger partial charge is 0.220 e. The van der Waals surface area contributed by atoms with E-state index in [1.807, 2.05) is 0 Å². The molecule has 0 saturated carbocycles. The van der Waals surface area contributed by atoms with E-state index in [4.69, 9.17) is 4.99 Å². The van der Waals surface area contributed by atoms with Crippen molar-refractivity contribution in [3.63, 3.8) is 0 Å². The van der Waals surface area contributed by atoms with Gasteiger partial charge < -0.3 is 20.4 Å². The van der Waals surface area contributed by atoms with E-state index in [1.165, 1.54) is 0 Å². The van der Waals surface area contributed by atoms with Crippen molar-refractivity contribution >= 4 is 11.9 Å². The maximum Gasteiger partial charge on any atom is 0.220 e. The molecule has 0 bridgehead atoms. The Morgan fingerprint density at radius 2 is 2.00 bits per heavy atom. The van der Waals surface area contributed by atoms with Crippen LogP contribution in [-0.2, 0) is 4.79 Å². The van der Waals surface area contributed by atoms with Crippen molar-refractivity contribution in [2.45, 2.75) is 32.6 Å². The summed E-state index contributed by atoms with van der Waals surface area (Å²) in [6.45, 7) is 6.90. The first-order valence-electron chi connectivity index (χ1n) is 8.45. The van der Waals surface area contributed by atoms with E-state index >= 15 is 0 Å². The summed E-state index contributed by atoms with van der Waals surface area (Å²) >= 11 is 0. The third-order valence-corrected chi connectivity index (χ3v) is 4.03. The number of hydrogen-bond donors (Lipinski definition) is 2. The molecule has 0 aromatic rings. The van der Waals surface area contributed by atoms with Crippen molar-refractivity contribution in [1.29, 1.82) is 0 Å². The summed E-state index contributed by atoms with van der Waals surface area (Å²) in [6, 6.07) is 0. The fourth-order valence-electron chi connectivity index (χ4n) is 2.71. The predicted molar refractivity (Wildman–Crippen MR) is 92.1 cm³/mol. The summed E-state index contributed by atoms with van der Waals surface area (Å²) in [7, 11) is 5.89. The minimum atomic E-state index is 0.155. The third kappa shape index (κ3) is 7.11. The molecular weight excluding hydrogens is 278 g/mol. The van der Waals surface area contributed by atoms with Gasteiger partial charge in [0.1, 0.15) is 0 Å². The van der Waals surface area contributed by atoms with Crippen LogP contribution in [0.15, 0.2) is 4.99 Å². The lowest BCUT2D eigenvalue weighted by Crippen LogP contribution is -2.46. The fraction of sp³-hybridized carbons (Fsp3) is 0.875. The van der Waals surface area contributed by atoms with E-state index in [1.54, 1.807) is 7.05 Å². The molecule has 128 valence electrons. The van der Waals surface area contributed by atoms with Gasteiger partial charge in [0.15, 0.2) is 5.96 Å². The van der Waals surface area contributed by atoms with Gasteiger partial charge in [-0.05, 0) is 52.7 Å². The molecule has 0 aromatic heterocycles. The van der Waals surface area contributed by atoms with Crippen LogP contribution >= 0.6 is 0 Å². The van der Waals surface area contributed by atoms with Crippen molar-refractivity contribution in [1.82, 2.24) is 20.4 Å². The SMILES string of the molecule is CCNC(=NCCCN(C)C)N1CCC(CC(=O)NC)CC1. The van der Waals surface area contributed by atoms with E-state index in [0.29, 0.717) is 12.3 Å². The second-order valence-electron chi connectivity index (χ2n) is 6.20. The fourth-order valence-corrected chi connectivity index (χ4v) is 2.71.